The number of rotatable bonds is 5. The van der Waals surface area contributed by atoms with Crippen molar-refractivity contribution in [3.63, 3.8) is 0 Å². The summed E-state index contributed by atoms with van der Waals surface area (Å²) in [5.41, 5.74) is -0.0402. The number of ether oxygens (including phenoxy) is 2. The van der Waals surface area contributed by atoms with Crippen molar-refractivity contribution in [3.8, 4) is 0 Å². The Hall–Kier alpha value is -0.950. The number of hydrogen-bond acceptors (Lipinski definition) is 5. The number of likely N-dealkylation sites (tertiary alicyclic amines) is 2. The maximum absolute atomic E-state index is 12.2. The van der Waals surface area contributed by atoms with Gasteiger partial charge in [0.2, 0.25) is 5.91 Å². The summed E-state index contributed by atoms with van der Waals surface area (Å²) >= 11 is 1.90. The van der Waals surface area contributed by atoms with Crippen LogP contribution in [0.25, 0.3) is 0 Å². The lowest BCUT2D eigenvalue weighted by atomic mass is 9.83. The fourth-order valence-electron chi connectivity index (χ4n) is 4.63. The number of piperidine rings is 1. The van der Waals surface area contributed by atoms with Crippen LogP contribution in [0.4, 0.5) is 0 Å². The zero-order valence-electron chi connectivity index (χ0n) is 16.5. The van der Waals surface area contributed by atoms with Gasteiger partial charge in [-0.2, -0.15) is 0 Å². The molecular formula is C21H32N2O3S. The molecule has 3 saturated heterocycles. The largest absolute Gasteiger partial charge is 0.375 e. The molecule has 0 N–H and O–H groups in total. The second-order valence-corrected chi connectivity index (χ2v) is 9.71. The molecule has 0 aromatic carbocycles. The molecule has 1 amide bonds. The third-order valence-electron chi connectivity index (χ3n) is 6.29. The lowest BCUT2D eigenvalue weighted by Crippen LogP contribution is -2.50. The first-order chi connectivity index (χ1) is 13.1. The molecule has 0 radical (unpaired) electrons. The highest BCUT2D eigenvalue weighted by Crippen LogP contribution is 2.36. The normalized spacial score (nSPS) is 26.0. The van der Waals surface area contributed by atoms with E-state index in [0.717, 1.165) is 77.9 Å². The number of hydrogen-bond donors (Lipinski definition) is 0. The van der Waals surface area contributed by atoms with Crippen LogP contribution in [0.3, 0.4) is 0 Å². The molecule has 1 spiro atoms. The number of carbonyl (C=O) groups excluding carboxylic acids is 1. The van der Waals surface area contributed by atoms with Gasteiger partial charge in [0.25, 0.3) is 0 Å². The molecule has 3 aliphatic heterocycles. The summed E-state index contributed by atoms with van der Waals surface area (Å²) in [4.78, 5) is 19.6. The predicted molar refractivity (Wildman–Crippen MR) is 107 cm³/mol. The zero-order valence-corrected chi connectivity index (χ0v) is 17.3. The summed E-state index contributed by atoms with van der Waals surface area (Å²) < 4.78 is 12.3. The van der Waals surface area contributed by atoms with Gasteiger partial charge in [0.1, 0.15) is 6.61 Å². The van der Waals surface area contributed by atoms with Crippen LogP contribution in [0.1, 0.15) is 48.3 Å². The summed E-state index contributed by atoms with van der Waals surface area (Å²) in [7, 11) is 0. The summed E-state index contributed by atoms with van der Waals surface area (Å²) in [6, 6.07) is 4.46. The molecule has 6 heteroatoms. The van der Waals surface area contributed by atoms with Gasteiger partial charge in [-0.05, 0) is 51.2 Å². The lowest BCUT2D eigenvalue weighted by Gasteiger charge is -2.46. The molecule has 27 heavy (non-hydrogen) atoms. The van der Waals surface area contributed by atoms with Crippen LogP contribution in [0.5, 0.6) is 0 Å². The van der Waals surface area contributed by atoms with Gasteiger partial charge in [-0.3, -0.25) is 9.69 Å². The number of thiophene rings is 1. The second-order valence-electron chi connectivity index (χ2n) is 8.33. The number of amides is 1. The monoisotopic (exact) mass is 392 g/mol. The molecule has 4 rings (SSSR count). The van der Waals surface area contributed by atoms with Crippen molar-refractivity contribution in [2.75, 3.05) is 39.4 Å². The molecule has 0 aliphatic carbocycles. The van der Waals surface area contributed by atoms with Gasteiger partial charge in [-0.1, -0.05) is 0 Å². The predicted octanol–water partition coefficient (Wildman–Crippen LogP) is 3.21. The maximum Gasteiger partial charge on any atom is 0.248 e. The molecule has 5 nitrogen and oxygen atoms in total. The highest BCUT2D eigenvalue weighted by Gasteiger charge is 2.41. The van der Waals surface area contributed by atoms with Crippen LogP contribution in [-0.2, 0) is 20.8 Å². The van der Waals surface area contributed by atoms with E-state index >= 15 is 0 Å². The molecule has 1 atom stereocenters. The summed E-state index contributed by atoms with van der Waals surface area (Å²) in [6.07, 6.45) is 6.41. The van der Waals surface area contributed by atoms with Gasteiger partial charge in [0.15, 0.2) is 0 Å². The van der Waals surface area contributed by atoms with Crippen LogP contribution in [0, 0.1) is 6.92 Å². The van der Waals surface area contributed by atoms with Crippen molar-refractivity contribution in [1.29, 1.82) is 0 Å². The average Bonchev–Trinajstić information content (AvgIpc) is 3.34. The summed E-state index contributed by atoms with van der Waals surface area (Å²) in [5.74, 6) is 0.161. The Bertz CT molecular complexity index is 633. The minimum Gasteiger partial charge on any atom is -0.375 e. The average molecular weight is 393 g/mol. The Morgan fingerprint density at radius 3 is 2.74 bits per heavy atom. The van der Waals surface area contributed by atoms with Crippen molar-refractivity contribution >= 4 is 17.2 Å². The molecule has 0 saturated carbocycles. The van der Waals surface area contributed by atoms with E-state index in [1.54, 1.807) is 0 Å². The van der Waals surface area contributed by atoms with Gasteiger partial charge < -0.3 is 14.4 Å². The molecule has 150 valence electrons. The highest BCUT2D eigenvalue weighted by atomic mass is 32.1. The summed E-state index contributed by atoms with van der Waals surface area (Å²) in [5, 5.41) is 0. The molecular weight excluding hydrogens is 360 g/mol. The standard InChI is InChI=1S/C21H32N2O3S/c1-17-4-5-19(27-17)15-22-11-7-21(8-12-22)14-18(6-13-26-21)25-16-20(24)23-9-2-3-10-23/h4-5,18H,2-3,6-16H2,1H3. The Morgan fingerprint density at radius 1 is 1.26 bits per heavy atom. The summed E-state index contributed by atoms with van der Waals surface area (Å²) in [6.45, 7) is 8.19. The molecule has 3 aliphatic rings. The third-order valence-corrected chi connectivity index (χ3v) is 7.28. The molecule has 4 heterocycles. The van der Waals surface area contributed by atoms with Crippen molar-refractivity contribution in [1.82, 2.24) is 9.80 Å². The molecule has 1 aromatic heterocycles. The number of aryl methyl sites for hydroxylation is 1. The van der Waals surface area contributed by atoms with E-state index in [0.29, 0.717) is 0 Å². The van der Waals surface area contributed by atoms with E-state index < -0.39 is 0 Å². The van der Waals surface area contributed by atoms with Gasteiger partial charge >= 0.3 is 0 Å². The van der Waals surface area contributed by atoms with Crippen LogP contribution in [0.15, 0.2) is 12.1 Å². The van der Waals surface area contributed by atoms with E-state index in [1.807, 2.05) is 16.2 Å². The molecule has 0 bridgehead atoms. The molecule has 3 fully saturated rings. The first-order valence-electron chi connectivity index (χ1n) is 10.4. The zero-order chi connectivity index (χ0) is 18.7. The van der Waals surface area contributed by atoms with Gasteiger partial charge in [0, 0.05) is 55.5 Å². The second kappa shape index (κ2) is 8.60. The van der Waals surface area contributed by atoms with E-state index in [4.69, 9.17) is 9.47 Å². The van der Waals surface area contributed by atoms with Crippen LogP contribution in [-0.4, -0.2) is 66.8 Å². The van der Waals surface area contributed by atoms with E-state index in [1.165, 1.54) is 9.75 Å². The first kappa shape index (κ1) is 19.4. The minimum atomic E-state index is -0.0402. The Balaban J connectivity index is 1.23. The van der Waals surface area contributed by atoms with Crippen LogP contribution in [0.2, 0.25) is 0 Å². The highest BCUT2D eigenvalue weighted by molar-refractivity contribution is 7.11. The van der Waals surface area contributed by atoms with Crippen molar-refractivity contribution < 1.29 is 14.3 Å². The molecule has 1 unspecified atom stereocenters. The Kier molecular flexibility index (Phi) is 6.17. The van der Waals surface area contributed by atoms with E-state index in [-0.39, 0.29) is 24.2 Å². The van der Waals surface area contributed by atoms with Crippen LogP contribution >= 0.6 is 11.3 Å². The maximum atomic E-state index is 12.2. The van der Waals surface area contributed by atoms with Gasteiger partial charge in [0.05, 0.1) is 11.7 Å². The number of nitrogens with zero attached hydrogens (tertiary/aromatic N) is 2. The van der Waals surface area contributed by atoms with E-state index in [2.05, 4.69) is 24.0 Å². The minimum absolute atomic E-state index is 0.0402. The van der Waals surface area contributed by atoms with Gasteiger partial charge in [-0.25, -0.2) is 0 Å². The first-order valence-corrected chi connectivity index (χ1v) is 11.2. The van der Waals surface area contributed by atoms with Crippen molar-refractivity contribution in [2.45, 2.75) is 63.7 Å². The van der Waals surface area contributed by atoms with Crippen molar-refractivity contribution in [2.24, 2.45) is 0 Å². The third kappa shape index (κ3) is 4.91. The molecule has 1 aromatic rings. The Labute approximate surface area is 166 Å². The van der Waals surface area contributed by atoms with Gasteiger partial charge in [-0.15, -0.1) is 11.3 Å². The smallest absolute Gasteiger partial charge is 0.248 e. The Morgan fingerprint density at radius 2 is 2.04 bits per heavy atom. The fourth-order valence-corrected chi connectivity index (χ4v) is 5.56. The SMILES string of the molecule is Cc1ccc(CN2CCC3(CC2)CC(OCC(=O)N2CCCC2)CCO3)s1. The van der Waals surface area contributed by atoms with Crippen molar-refractivity contribution in [3.05, 3.63) is 21.9 Å². The topological polar surface area (TPSA) is 42.0 Å². The number of carbonyl (C=O) groups is 1. The van der Waals surface area contributed by atoms with E-state index in [9.17, 15) is 4.79 Å². The quantitative estimate of drug-likeness (QED) is 0.772. The van der Waals surface area contributed by atoms with Crippen LogP contribution < -0.4 is 0 Å². The lowest BCUT2D eigenvalue weighted by molar-refractivity contribution is -0.163. The fraction of sp³-hybridized carbons (Fsp3) is 0.762.